The number of nitrogens with two attached hydrogens (primary N) is 1. The molecule has 0 aromatic rings. The van der Waals surface area contributed by atoms with Crippen molar-refractivity contribution < 1.29 is 0 Å². The van der Waals surface area contributed by atoms with Crippen LogP contribution in [-0.2, 0) is 0 Å². The summed E-state index contributed by atoms with van der Waals surface area (Å²) in [4.78, 5) is 9.83. The van der Waals surface area contributed by atoms with E-state index >= 15 is 0 Å². The lowest BCUT2D eigenvalue weighted by atomic mass is 9.94. The highest BCUT2D eigenvalue weighted by atomic mass is 16.3. The van der Waals surface area contributed by atoms with Crippen LogP contribution in [0.15, 0.2) is 15.5 Å². The van der Waals surface area contributed by atoms with E-state index in [1.807, 2.05) is 13.8 Å². The lowest BCUT2D eigenvalue weighted by Gasteiger charge is -2.15. The van der Waals surface area contributed by atoms with Gasteiger partial charge in [-0.3, -0.25) is 0 Å². The number of rotatable bonds is 4. The number of nitrogens with zero attached hydrogens (tertiary/aromatic N) is 3. The minimum Gasteiger partial charge on any atom is -0.305 e. The first-order valence-electron chi connectivity index (χ1n) is 2.98. The summed E-state index contributed by atoms with van der Waals surface area (Å²) < 4.78 is 0. The van der Waals surface area contributed by atoms with Crippen molar-refractivity contribution in [2.45, 2.75) is 13.8 Å². The lowest BCUT2D eigenvalue weighted by molar-refractivity contribution is 0.385. The van der Waals surface area contributed by atoms with Crippen LogP contribution < -0.4 is 5.84 Å². The van der Waals surface area contributed by atoms with Gasteiger partial charge in [0, 0.05) is 5.41 Å². The largest absolute Gasteiger partial charge is 0.305 e. The van der Waals surface area contributed by atoms with Crippen molar-refractivity contribution in [2.24, 2.45) is 26.8 Å². The van der Waals surface area contributed by atoms with Gasteiger partial charge in [0.2, 0.25) is 0 Å². The van der Waals surface area contributed by atoms with Crippen LogP contribution in [0.3, 0.4) is 0 Å². The van der Waals surface area contributed by atoms with E-state index in [2.05, 4.69) is 15.5 Å². The molecule has 0 aliphatic carbocycles. The van der Waals surface area contributed by atoms with Crippen LogP contribution in [-0.4, -0.2) is 13.1 Å². The quantitative estimate of drug-likeness (QED) is 0.277. The van der Waals surface area contributed by atoms with Crippen molar-refractivity contribution >= 4 is 0 Å². The Balaban J connectivity index is 3.73. The smallest absolute Gasteiger partial charge is 0.0880 e. The van der Waals surface area contributed by atoms with E-state index in [9.17, 15) is 4.91 Å². The second-order valence-electron chi connectivity index (χ2n) is 2.87. The highest BCUT2D eigenvalue weighted by Crippen LogP contribution is 2.15. The van der Waals surface area contributed by atoms with Crippen LogP contribution >= 0.6 is 0 Å². The molecular weight excluding hydrogens is 132 g/mol. The van der Waals surface area contributed by atoms with E-state index in [0.29, 0.717) is 6.54 Å². The Morgan fingerprint density at radius 3 is 2.40 bits per heavy atom. The van der Waals surface area contributed by atoms with Gasteiger partial charge < -0.3 is 5.84 Å². The van der Waals surface area contributed by atoms with Crippen molar-refractivity contribution in [3.63, 3.8) is 0 Å². The van der Waals surface area contributed by atoms with Crippen LogP contribution in [0, 0.1) is 10.3 Å². The van der Waals surface area contributed by atoms with Gasteiger partial charge in [-0.05, 0) is 0 Å². The van der Waals surface area contributed by atoms with Crippen LogP contribution in [0.2, 0.25) is 0 Å². The molecule has 58 valence electrons. The van der Waals surface area contributed by atoms with Gasteiger partial charge in [-0.15, -0.1) is 0 Å². The van der Waals surface area contributed by atoms with E-state index in [-0.39, 0.29) is 12.0 Å². The number of hydrogen-bond donors (Lipinski definition) is 1. The van der Waals surface area contributed by atoms with Gasteiger partial charge in [-0.25, -0.2) is 0 Å². The predicted octanol–water partition coefficient (Wildman–Crippen LogP) is 1.10. The van der Waals surface area contributed by atoms with Gasteiger partial charge in [0.25, 0.3) is 0 Å². The van der Waals surface area contributed by atoms with Crippen molar-refractivity contribution in [2.75, 3.05) is 13.1 Å². The minimum atomic E-state index is -0.218. The molecule has 0 saturated heterocycles. The average molecular weight is 144 g/mol. The van der Waals surface area contributed by atoms with Crippen LogP contribution in [0.4, 0.5) is 0 Å². The molecule has 10 heavy (non-hydrogen) atoms. The summed E-state index contributed by atoms with van der Waals surface area (Å²) in [5.41, 5.74) is -0.218. The highest BCUT2D eigenvalue weighted by molar-refractivity contribution is 4.72. The van der Waals surface area contributed by atoms with Gasteiger partial charge >= 0.3 is 0 Å². The summed E-state index contributed by atoms with van der Waals surface area (Å²) in [6, 6.07) is 0. The fraction of sp³-hybridized carbons (Fsp3) is 1.00. The third-order valence-electron chi connectivity index (χ3n) is 1.07. The molecule has 0 radical (unpaired) electrons. The zero-order valence-corrected chi connectivity index (χ0v) is 6.24. The predicted molar refractivity (Wildman–Crippen MR) is 38.4 cm³/mol. The Morgan fingerprint density at radius 2 is 2.00 bits per heavy atom. The second kappa shape index (κ2) is 3.92. The van der Waals surface area contributed by atoms with E-state index < -0.39 is 0 Å². The summed E-state index contributed by atoms with van der Waals surface area (Å²) in [7, 11) is 0. The summed E-state index contributed by atoms with van der Waals surface area (Å²) in [5, 5.41) is 9.42. The molecule has 2 N–H and O–H groups in total. The van der Waals surface area contributed by atoms with Gasteiger partial charge in [-0.2, -0.15) is 10.0 Å². The second-order valence-corrected chi connectivity index (χ2v) is 2.87. The Kier molecular flexibility index (Phi) is 3.53. The maximum absolute atomic E-state index is 9.83. The Hall–Kier alpha value is -1.00. The third-order valence-corrected chi connectivity index (χ3v) is 1.07. The normalized spacial score (nSPS) is 12.2. The topological polar surface area (TPSA) is 80.2 Å². The summed E-state index contributed by atoms with van der Waals surface area (Å²) in [6.45, 7) is 4.44. The molecule has 0 aromatic heterocycles. The molecule has 0 rings (SSSR count). The first-order chi connectivity index (χ1) is 4.62. The van der Waals surface area contributed by atoms with Crippen LogP contribution in [0.1, 0.15) is 13.8 Å². The van der Waals surface area contributed by atoms with E-state index in [0.717, 1.165) is 0 Å². The molecule has 0 atom stereocenters. The van der Waals surface area contributed by atoms with Crippen LogP contribution in [0.5, 0.6) is 0 Å². The molecule has 0 unspecified atom stereocenters. The van der Waals surface area contributed by atoms with Crippen molar-refractivity contribution in [3.05, 3.63) is 4.91 Å². The SMILES string of the molecule is CC(C)(CN=O)CN=NN. The Morgan fingerprint density at radius 1 is 1.40 bits per heavy atom. The molecule has 5 nitrogen and oxygen atoms in total. The standard InChI is InChI=1S/C5H12N4O/c1-5(2,4-8-10)3-7-9-6/h3-4H2,1-2H3,(H2,6,7). The maximum atomic E-state index is 9.83. The van der Waals surface area contributed by atoms with Gasteiger partial charge in [-0.1, -0.05) is 24.2 Å². The van der Waals surface area contributed by atoms with E-state index in [4.69, 9.17) is 5.84 Å². The zero-order chi connectivity index (χ0) is 8.04. The van der Waals surface area contributed by atoms with Gasteiger partial charge in [0.05, 0.1) is 13.1 Å². The Labute approximate surface area is 59.7 Å². The summed E-state index contributed by atoms with van der Waals surface area (Å²) in [5.74, 6) is 4.78. The Bertz CT molecular complexity index is 132. The molecular formula is C5H12N4O. The molecule has 0 heterocycles. The molecule has 0 bridgehead atoms. The average Bonchev–Trinajstić information content (AvgIpc) is 1.84. The molecule has 0 aliphatic rings. The maximum Gasteiger partial charge on any atom is 0.0880 e. The third kappa shape index (κ3) is 3.94. The monoisotopic (exact) mass is 144 g/mol. The summed E-state index contributed by atoms with van der Waals surface area (Å²) in [6.07, 6.45) is 0. The van der Waals surface area contributed by atoms with Crippen molar-refractivity contribution in [3.8, 4) is 0 Å². The molecule has 0 aromatic carbocycles. The molecule has 0 fully saturated rings. The van der Waals surface area contributed by atoms with E-state index in [1.54, 1.807) is 0 Å². The fourth-order valence-electron chi connectivity index (χ4n) is 0.457. The van der Waals surface area contributed by atoms with E-state index in [1.165, 1.54) is 0 Å². The minimum absolute atomic E-state index is 0.218. The highest BCUT2D eigenvalue weighted by Gasteiger charge is 2.17. The molecule has 0 amide bonds. The van der Waals surface area contributed by atoms with Gasteiger partial charge in [0.1, 0.15) is 0 Å². The summed E-state index contributed by atoms with van der Waals surface area (Å²) >= 11 is 0. The molecule has 5 heteroatoms. The molecule has 0 spiro atoms. The first kappa shape index (κ1) is 9.00. The number of nitroso groups, excluding NO2 is 1. The van der Waals surface area contributed by atoms with Crippen molar-refractivity contribution in [1.82, 2.24) is 0 Å². The zero-order valence-electron chi connectivity index (χ0n) is 6.24. The first-order valence-corrected chi connectivity index (χ1v) is 2.98. The molecule has 0 aliphatic heterocycles. The lowest BCUT2D eigenvalue weighted by Crippen LogP contribution is -2.19. The van der Waals surface area contributed by atoms with Crippen LogP contribution in [0.25, 0.3) is 0 Å². The van der Waals surface area contributed by atoms with Crippen molar-refractivity contribution in [1.29, 1.82) is 0 Å². The molecule has 0 saturated carbocycles. The van der Waals surface area contributed by atoms with Gasteiger partial charge in [0.15, 0.2) is 0 Å². The number of hydrogen-bond acceptors (Lipinski definition) is 4. The fourth-order valence-corrected chi connectivity index (χ4v) is 0.457.